The van der Waals surface area contributed by atoms with E-state index in [-0.39, 0.29) is 11.6 Å². The number of benzene rings is 3. The van der Waals surface area contributed by atoms with Crippen LogP contribution < -0.4 is 4.74 Å². The first-order valence-corrected chi connectivity index (χ1v) is 13.3. The summed E-state index contributed by atoms with van der Waals surface area (Å²) in [6.07, 6.45) is 7.13. The van der Waals surface area contributed by atoms with Gasteiger partial charge in [0.05, 0.1) is 0 Å². The van der Waals surface area contributed by atoms with E-state index in [0.717, 1.165) is 29.2 Å². The summed E-state index contributed by atoms with van der Waals surface area (Å²) in [6, 6.07) is 16.5. The molecule has 0 spiro atoms. The summed E-state index contributed by atoms with van der Waals surface area (Å²) in [6.45, 7) is 0.968. The van der Waals surface area contributed by atoms with Gasteiger partial charge in [0.2, 0.25) is 0 Å². The van der Waals surface area contributed by atoms with Crippen LogP contribution in [0.2, 0.25) is 0 Å². The number of hydrogen-bond donors (Lipinski definition) is 0. The van der Waals surface area contributed by atoms with Gasteiger partial charge in [-0.15, -0.1) is 0 Å². The second kappa shape index (κ2) is 12.1. The van der Waals surface area contributed by atoms with E-state index in [2.05, 4.69) is 19.1 Å². The molecule has 3 aromatic rings. The van der Waals surface area contributed by atoms with Gasteiger partial charge in [-0.1, -0.05) is 87.9 Å². The van der Waals surface area contributed by atoms with Gasteiger partial charge >= 0.3 is 6.18 Å². The summed E-state index contributed by atoms with van der Waals surface area (Å²) < 4.78 is 56.8. The molecule has 0 bridgehead atoms. The van der Waals surface area contributed by atoms with Crippen molar-refractivity contribution in [2.24, 2.45) is 11.8 Å². The second-order valence-electron chi connectivity index (χ2n) is 10.4. The Kier molecular flexibility index (Phi) is 8.92. The highest BCUT2D eigenvalue weighted by molar-refractivity contribution is 5.84. The van der Waals surface area contributed by atoms with E-state index in [1.54, 1.807) is 12.1 Å². The number of halogens is 4. The first-order chi connectivity index (χ1) is 17.3. The summed E-state index contributed by atoms with van der Waals surface area (Å²) in [5.41, 5.74) is 2.85. The van der Waals surface area contributed by atoms with E-state index in [0.29, 0.717) is 23.8 Å². The smallest absolute Gasteiger partial charge is 0.422 e. The molecule has 1 aliphatic carbocycles. The summed E-state index contributed by atoms with van der Waals surface area (Å²) in [5.74, 6) is 1.74. The third kappa shape index (κ3) is 7.47. The minimum Gasteiger partial charge on any atom is -0.484 e. The fraction of sp³-hybridized carbons (Fsp3) is 0.484. The third-order valence-electron chi connectivity index (χ3n) is 7.61. The molecule has 0 radical (unpaired) electrons. The van der Waals surface area contributed by atoms with Crippen LogP contribution in [0.5, 0.6) is 5.75 Å². The van der Waals surface area contributed by atoms with Crippen LogP contribution in [0.3, 0.4) is 0 Å². The number of hydrogen-bond acceptors (Lipinski definition) is 1. The molecule has 0 saturated heterocycles. The average molecular weight is 501 g/mol. The summed E-state index contributed by atoms with van der Waals surface area (Å²) in [5, 5.41) is 1.58. The van der Waals surface area contributed by atoms with Crippen LogP contribution in [0.4, 0.5) is 17.6 Å². The molecule has 0 aliphatic heterocycles. The standard InChI is InChI=1S/C31H36F4O/c1-2-3-22-4-6-23(7-5-22)8-9-25-13-19-29-27(20-25)16-15-26(30(29)32)14-10-24-11-17-28(18-12-24)36-21-31(33,34)35/h11-13,15-20,22-23H,2-10,14,21H2,1H3. The lowest BCUT2D eigenvalue weighted by atomic mass is 9.78. The molecular formula is C31H36F4O. The molecule has 4 rings (SSSR count). The second-order valence-corrected chi connectivity index (χ2v) is 10.4. The van der Waals surface area contributed by atoms with E-state index in [4.69, 9.17) is 4.74 Å². The largest absolute Gasteiger partial charge is 0.484 e. The molecule has 0 atom stereocenters. The van der Waals surface area contributed by atoms with Crippen molar-refractivity contribution in [1.29, 1.82) is 0 Å². The number of fused-ring (bicyclic) bond motifs is 1. The van der Waals surface area contributed by atoms with Gasteiger partial charge in [0.15, 0.2) is 6.61 Å². The SMILES string of the molecule is CCCC1CCC(CCc2ccc3c(F)c(CCc4ccc(OCC(F)(F)F)cc4)ccc3c2)CC1. The zero-order valence-electron chi connectivity index (χ0n) is 21.0. The quantitative estimate of drug-likeness (QED) is 0.252. The van der Waals surface area contributed by atoms with Crippen molar-refractivity contribution in [2.75, 3.05) is 6.61 Å². The molecule has 1 aliphatic rings. The number of rotatable bonds is 10. The Balaban J connectivity index is 1.31. The Morgan fingerprint density at radius 2 is 1.44 bits per heavy atom. The highest BCUT2D eigenvalue weighted by Crippen LogP contribution is 2.34. The van der Waals surface area contributed by atoms with Crippen molar-refractivity contribution in [3.8, 4) is 5.75 Å². The molecule has 1 fully saturated rings. The van der Waals surface area contributed by atoms with Crippen molar-refractivity contribution >= 4 is 10.8 Å². The summed E-state index contributed by atoms with van der Waals surface area (Å²) in [4.78, 5) is 0. The Bertz CT molecular complexity index is 1110. The highest BCUT2D eigenvalue weighted by Gasteiger charge is 2.28. The maximum absolute atomic E-state index is 15.2. The van der Waals surface area contributed by atoms with Crippen LogP contribution in [-0.4, -0.2) is 12.8 Å². The van der Waals surface area contributed by atoms with E-state index in [1.165, 1.54) is 62.6 Å². The van der Waals surface area contributed by atoms with E-state index in [9.17, 15) is 13.2 Å². The monoisotopic (exact) mass is 500 g/mol. The minimum atomic E-state index is -4.36. The molecule has 3 aromatic carbocycles. The first-order valence-electron chi connectivity index (χ1n) is 13.3. The molecule has 0 heterocycles. The van der Waals surface area contributed by atoms with Crippen LogP contribution in [0, 0.1) is 17.7 Å². The lowest BCUT2D eigenvalue weighted by Gasteiger charge is -2.28. The molecule has 0 amide bonds. The fourth-order valence-electron chi connectivity index (χ4n) is 5.52. The Morgan fingerprint density at radius 3 is 2.11 bits per heavy atom. The molecule has 1 nitrogen and oxygen atoms in total. The van der Waals surface area contributed by atoms with Gasteiger partial charge in [0.25, 0.3) is 0 Å². The predicted octanol–water partition coefficient (Wildman–Crippen LogP) is 9.24. The summed E-state index contributed by atoms with van der Waals surface area (Å²) in [7, 11) is 0. The number of ether oxygens (including phenoxy) is 1. The van der Waals surface area contributed by atoms with Gasteiger partial charge < -0.3 is 4.74 Å². The lowest BCUT2D eigenvalue weighted by molar-refractivity contribution is -0.153. The Hall–Kier alpha value is -2.56. The molecule has 0 N–H and O–H groups in total. The third-order valence-corrected chi connectivity index (χ3v) is 7.61. The summed E-state index contributed by atoms with van der Waals surface area (Å²) >= 11 is 0. The highest BCUT2D eigenvalue weighted by atomic mass is 19.4. The van der Waals surface area contributed by atoms with Crippen LogP contribution in [-0.2, 0) is 19.3 Å². The fourth-order valence-corrected chi connectivity index (χ4v) is 5.52. The topological polar surface area (TPSA) is 9.23 Å². The molecule has 36 heavy (non-hydrogen) atoms. The molecule has 0 aromatic heterocycles. The van der Waals surface area contributed by atoms with Crippen LogP contribution in [0.1, 0.15) is 68.6 Å². The maximum Gasteiger partial charge on any atom is 0.422 e. The van der Waals surface area contributed by atoms with E-state index in [1.807, 2.05) is 18.2 Å². The Morgan fingerprint density at radius 1 is 0.778 bits per heavy atom. The van der Waals surface area contributed by atoms with Gasteiger partial charge in [-0.2, -0.15) is 13.2 Å². The van der Waals surface area contributed by atoms with Crippen molar-refractivity contribution in [1.82, 2.24) is 0 Å². The zero-order valence-corrected chi connectivity index (χ0v) is 21.0. The van der Waals surface area contributed by atoms with Crippen LogP contribution >= 0.6 is 0 Å². The first kappa shape index (κ1) is 26.5. The van der Waals surface area contributed by atoms with E-state index < -0.39 is 12.8 Å². The van der Waals surface area contributed by atoms with Gasteiger partial charge in [0.1, 0.15) is 11.6 Å². The van der Waals surface area contributed by atoms with E-state index >= 15 is 4.39 Å². The lowest BCUT2D eigenvalue weighted by Crippen LogP contribution is -2.19. The molecule has 194 valence electrons. The minimum absolute atomic E-state index is 0.174. The van der Waals surface area contributed by atoms with Gasteiger partial charge in [-0.25, -0.2) is 4.39 Å². The predicted molar refractivity (Wildman–Crippen MR) is 138 cm³/mol. The number of aryl methyl sites for hydroxylation is 3. The normalized spacial score (nSPS) is 18.5. The zero-order chi connectivity index (χ0) is 25.5. The van der Waals surface area contributed by atoms with Gasteiger partial charge in [-0.05, 0) is 71.7 Å². The van der Waals surface area contributed by atoms with Crippen LogP contribution in [0.25, 0.3) is 10.8 Å². The van der Waals surface area contributed by atoms with Crippen molar-refractivity contribution in [3.63, 3.8) is 0 Å². The Labute approximate surface area is 211 Å². The maximum atomic E-state index is 15.2. The van der Waals surface area contributed by atoms with Crippen molar-refractivity contribution in [3.05, 3.63) is 77.1 Å². The van der Waals surface area contributed by atoms with Gasteiger partial charge in [-0.3, -0.25) is 0 Å². The van der Waals surface area contributed by atoms with Crippen molar-refractivity contribution in [2.45, 2.75) is 77.3 Å². The molecule has 5 heteroatoms. The average Bonchev–Trinajstić information content (AvgIpc) is 2.87. The molecule has 1 saturated carbocycles. The molecule has 0 unspecified atom stereocenters. The molecular weight excluding hydrogens is 464 g/mol. The van der Waals surface area contributed by atoms with Crippen LogP contribution in [0.15, 0.2) is 54.6 Å². The number of alkyl halides is 3. The van der Waals surface area contributed by atoms with Gasteiger partial charge in [0, 0.05) is 5.39 Å². The van der Waals surface area contributed by atoms with Crippen molar-refractivity contribution < 1.29 is 22.3 Å².